The van der Waals surface area contributed by atoms with Crippen LogP contribution in [0.5, 0.6) is 0 Å². The van der Waals surface area contributed by atoms with Crippen LogP contribution in [0.1, 0.15) is 11.3 Å². The van der Waals surface area contributed by atoms with Crippen molar-refractivity contribution < 1.29 is 4.79 Å². The van der Waals surface area contributed by atoms with Gasteiger partial charge in [-0.05, 0) is 31.2 Å². The lowest BCUT2D eigenvalue weighted by Gasteiger charge is -2.18. The average Bonchev–Trinajstić information content (AvgIpc) is 2.89. The van der Waals surface area contributed by atoms with Crippen LogP contribution in [-0.4, -0.2) is 10.5 Å². The van der Waals surface area contributed by atoms with Crippen LogP contribution < -0.4 is 5.32 Å². The number of allylic oxidation sites excluding steroid dienone is 1. The molecule has 0 saturated heterocycles. The zero-order valence-corrected chi connectivity index (χ0v) is 14.8. The molecule has 1 N–H and O–H groups in total. The molecule has 25 heavy (non-hydrogen) atoms. The lowest BCUT2D eigenvalue weighted by molar-refractivity contribution is -0.112. The number of fused-ring (bicyclic) bond motifs is 2. The highest BCUT2D eigenvalue weighted by Crippen LogP contribution is 2.39. The fourth-order valence-corrected chi connectivity index (χ4v) is 4.17. The second-order valence-electron chi connectivity index (χ2n) is 5.98. The van der Waals surface area contributed by atoms with Gasteiger partial charge in [-0.2, -0.15) is 0 Å². The first kappa shape index (κ1) is 15.8. The van der Waals surface area contributed by atoms with Crippen molar-refractivity contribution in [3.8, 4) is 0 Å². The van der Waals surface area contributed by atoms with Crippen molar-refractivity contribution in [3.63, 3.8) is 0 Å². The van der Waals surface area contributed by atoms with E-state index in [-0.39, 0.29) is 5.91 Å². The highest BCUT2D eigenvalue weighted by Gasteiger charge is 2.22. The average molecular weight is 346 g/mol. The van der Waals surface area contributed by atoms with Crippen molar-refractivity contribution in [2.45, 2.75) is 18.4 Å². The first-order valence-corrected chi connectivity index (χ1v) is 8.99. The van der Waals surface area contributed by atoms with Gasteiger partial charge in [0.2, 0.25) is 0 Å². The molecule has 4 heteroatoms. The number of nitrogens with one attached hydrogen (secondary N) is 1. The highest BCUT2D eigenvalue weighted by molar-refractivity contribution is 8.04. The first-order valence-electron chi connectivity index (χ1n) is 8.17. The Morgan fingerprint density at radius 3 is 2.76 bits per heavy atom. The molecule has 2 aromatic carbocycles. The molecule has 0 unspecified atom stereocenters. The minimum Gasteiger partial charge on any atom is -0.340 e. The maximum atomic E-state index is 12.5. The number of amides is 1. The maximum Gasteiger partial charge on any atom is 0.262 e. The summed E-state index contributed by atoms with van der Waals surface area (Å²) in [6.45, 7) is 6.70. The molecule has 1 aliphatic heterocycles. The van der Waals surface area contributed by atoms with Gasteiger partial charge in [-0.1, -0.05) is 48.2 Å². The van der Waals surface area contributed by atoms with Crippen molar-refractivity contribution in [1.82, 2.24) is 4.57 Å². The van der Waals surface area contributed by atoms with Crippen LogP contribution in [0.25, 0.3) is 17.0 Å². The second kappa shape index (κ2) is 6.30. The number of para-hydroxylation sites is 2. The predicted octanol–water partition coefficient (Wildman–Crippen LogP) is 5.22. The summed E-state index contributed by atoms with van der Waals surface area (Å²) < 4.78 is 2.23. The molecule has 0 bridgehead atoms. The number of carbonyl (C=O) groups excluding carboxylic acids is 1. The van der Waals surface area contributed by atoms with Crippen molar-refractivity contribution in [3.05, 3.63) is 77.3 Å². The van der Waals surface area contributed by atoms with Gasteiger partial charge in [0.05, 0.1) is 10.6 Å². The molecular formula is C21H18N2OS. The summed E-state index contributed by atoms with van der Waals surface area (Å²) in [6, 6.07) is 16.2. The molecule has 0 atom stereocenters. The van der Waals surface area contributed by atoms with Crippen molar-refractivity contribution in [2.24, 2.45) is 0 Å². The van der Waals surface area contributed by atoms with Crippen LogP contribution in [0.2, 0.25) is 0 Å². The molecule has 3 aromatic rings. The van der Waals surface area contributed by atoms with Crippen LogP contribution >= 0.6 is 11.8 Å². The van der Waals surface area contributed by atoms with E-state index in [1.165, 1.54) is 11.8 Å². The molecule has 0 fully saturated rings. The molecule has 0 spiro atoms. The van der Waals surface area contributed by atoms with Crippen LogP contribution in [0, 0.1) is 6.92 Å². The van der Waals surface area contributed by atoms with Gasteiger partial charge in [0, 0.05) is 33.6 Å². The van der Waals surface area contributed by atoms with E-state index in [0.29, 0.717) is 4.91 Å². The Hall–Kier alpha value is -2.72. The molecule has 2 heterocycles. The maximum absolute atomic E-state index is 12.5. The van der Waals surface area contributed by atoms with Gasteiger partial charge in [-0.3, -0.25) is 4.79 Å². The zero-order chi connectivity index (χ0) is 17.4. The molecule has 1 aliphatic rings. The van der Waals surface area contributed by atoms with E-state index in [2.05, 4.69) is 35.5 Å². The SMILES string of the molecule is C=CCn1c(C)c(/C=C2\Sc3ccccc3NC2=O)c2ccccc21. The van der Waals surface area contributed by atoms with Crippen molar-refractivity contribution >= 4 is 40.3 Å². The molecule has 1 amide bonds. The minimum absolute atomic E-state index is 0.0522. The Morgan fingerprint density at radius 2 is 1.92 bits per heavy atom. The van der Waals surface area contributed by atoms with Crippen LogP contribution in [0.4, 0.5) is 5.69 Å². The summed E-state index contributed by atoms with van der Waals surface area (Å²) >= 11 is 1.52. The Kier molecular flexibility index (Phi) is 3.98. The Bertz CT molecular complexity index is 1030. The third-order valence-corrected chi connectivity index (χ3v) is 5.54. The van der Waals surface area contributed by atoms with Crippen molar-refractivity contribution in [1.29, 1.82) is 0 Å². The number of anilines is 1. The van der Waals surface area contributed by atoms with Gasteiger partial charge in [-0.15, -0.1) is 6.58 Å². The van der Waals surface area contributed by atoms with E-state index in [0.717, 1.165) is 39.3 Å². The van der Waals surface area contributed by atoms with E-state index in [1.54, 1.807) is 0 Å². The Balaban J connectivity index is 1.86. The summed E-state index contributed by atoms with van der Waals surface area (Å²) in [6.07, 6.45) is 3.90. The summed E-state index contributed by atoms with van der Waals surface area (Å²) in [7, 11) is 0. The monoisotopic (exact) mass is 346 g/mol. The molecular weight excluding hydrogens is 328 g/mol. The van der Waals surface area contributed by atoms with Gasteiger partial charge in [-0.25, -0.2) is 0 Å². The van der Waals surface area contributed by atoms with Gasteiger partial charge >= 0.3 is 0 Å². The third-order valence-electron chi connectivity index (χ3n) is 4.45. The molecule has 0 saturated carbocycles. The van der Waals surface area contributed by atoms with Crippen molar-refractivity contribution in [2.75, 3.05) is 5.32 Å². The second-order valence-corrected chi connectivity index (χ2v) is 7.06. The van der Waals surface area contributed by atoms with Gasteiger partial charge in [0.15, 0.2) is 0 Å². The molecule has 3 nitrogen and oxygen atoms in total. The normalized spacial score (nSPS) is 15.2. The summed E-state index contributed by atoms with van der Waals surface area (Å²) in [4.78, 5) is 14.3. The molecule has 0 radical (unpaired) electrons. The zero-order valence-electron chi connectivity index (χ0n) is 14.0. The number of nitrogens with zero attached hydrogens (tertiary/aromatic N) is 1. The van der Waals surface area contributed by atoms with Crippen LogP contribution in [0.15, 0.2) is 71.0 Å². The van der Waals surface area contributed by atoms with Crippen LogP contribution in [-0.2, 0) is 11.3 Å². The largest absolute Gasteiger partial charge is 0.340 e. The first-order chi connectivity index (χ1) is 12.2. The topological polar surface area (TPSA) is 34.0 Å². The predicted molar refractivity (Wildman–Crippen MR) is 106 cm³/mol. The third kappa shape index (κ3) is 2.68. The minimum atomic E-state index is -0.0522. The molecule has 4 rings (SSSR count). The van der Waals surface area contributed by atoms with Gasteiger partial charge < -0.3 is 9.88 Å². The lowest BCUT2D eigenvalue weighted by atomic mass is 10.1. The number of hydrogen-bond acceptors (Lipinski definition) is 2. The van der Waals surface area contributed by atoms with E-state index in [4.69, 9.17) is 0 Å². The summed E-state index contributed by atoms with van der Waals surface area (Å²) in [5.74, 6) is -0.0522. The van der Waals surface area contributed by atoms with E-state index in [9.17, 15) is 4.79 Å². The number of benzene rings is 2. The smallest absolute Gasteiger partial charge is 0.262 e. The molecule has 124 valence electrons. The fourth-order valence-electron chi connectivity index (χ4n) is 3.24. The number of thioether (sulfide) groups is 1. The fraction of sp³-hybridized carbons (Fsp3) is 0.0952. The number of carbonyl (C=O) groups is 1. The summed E-state index contributed by atoms with van der Waals surface area (Å²) in [5, 5.41) is 4.13. The Morgan fingerprint density at radius 1 is 1.16 bits per heavy atom. The van der Waals surface area contributed by atoms with Gasteiger partial charge in [0.25, 0.3) is 5.91 Å². The highest BCUT2D eigenvalue weighted by atomic mass is 32.2. The number of rotatable bonds is 3. The number of aromatic nitrogens is 1. The lowest BCUT2D eigenvalue weighted by Crippen LogP contribution is -2.17. The molecule has 1 aromatic heterocycles. The summed E-state index contributed by atoms with van der Waals surface area (Å²) in [5.41, 5.74) is 4.27. The number of hydrogen-bond donors (Lipinski definition) is 1. The quantitative estimate of drug-likeness (QED) is 0.521. The van der Waals surface area contributed by atoms with E-state index in [1.807, 2.05) is 48.6 Å². The van der Waals surface area contributed by atoms with Gasteiger partial charge in [0.1, 0.15) is 0 Å². The van der Waals surface area contributed by atoms with E-state index >= 15 is 0 Å². The Labute approximate surface area is 151 Å². The van der Waals surface area contributed by atoms with E-state index < -0.39 is 0 Å². The standard InChI is InChI=1S/C21H18N2OS/c1-3-12-23-14(2)16(15-8-4-6-10-18(15)23)13-20-21(24)22-17-9-5-7-11-19(17)25-20/h3-11,13H,1,12H2,2H3,(H,22,24)/b20-13-. The molecule has 0 aliphatic carbocycles. The van der Waals surface area contributed by atoms with Crippen LogP contribution in [0.3, 0.4) is 0 Å².